The zero-order chi connectivity index (χ0) is 20.6. The molecule has 1 aromatic rings. The van der Waals surface area contributed by atoms with Gasteiger partial charge < -0.3 is 15.3 Å². The molecule has 12 heteroatoms. The quantitative estimate of drug-likeness (QED) is 0.331. The van der Waals surface area contributed by atoms with Crippen LogP contribution in [0.15, 0.2) is 0 Å². The van der Waals surface area contributed by atoms with E-state index in [4.69, 9.17) is 14.5 Å². The number of aliphatic hydroxyl groups is 3. The Labute approximate surface area is 158 Å². The lowest BCUT2D eigenvalue weighted by molar-refractivity contribution is -0.135. The number of anilines is 3. The van der Waals surface area contributed by atoms with E-state index >= 15 is 0 Å². The molecule has 0 aliphatic heterocycles. The van der Waals surface area contributed by atoms with E-state index in [0.717, 1.165) is 15.2 Å². The Morgan fingerprint density at radius 3 is 1.52 bits per heavy atom. The third-order valence-corrected chi connectivity index (χ3v) is 2.69. The van der Waals surface area contributed by atoms with Crippen molar-refractivity contribution in [3.8, 4) is 0 Å². The lowest BCUT2D eigenvalue weighted by Crippen LogP contribution is -2.36. The van der Waals surface area contributed by atoms with E-state index in [0.29, 0.717) is 0 Å². The fourth-order valence-electron chi connectivity index (χ4n) is 1.75. The largest absolute Gasteiger partial charge is 0.376 e. The second-order valence-corrected chi connectivity index (χ2v) is 6.30. The molecular formula is C15H30N6O6. The molecule has 27 heavy (non-hydrogen) atoms. The van der Waals surface area contributed by atoms with Crippen molar-refractivity contribution in [2.45, 2.75) is 59.9 Å². The molecule has 0 unspecified atom stereocenters. The molecule has 1 heterocycles. The van der Waals surface area contributed by atoms with E-state index in [9.17, 15) is 15.3 Å². The first kappa shape index (κ1) is 23.2. The Hall–Kier alpha value is -1.83. The summed E-state index contributed by atoms with van der Waals surface area (Å²) >= 11 is 0. The minimum atomic E-state index is -0.542. The molecule has 1 aromatic heterocycles. The first-order valence-corrected chi connectivity index (χ1v) is 8.63. The number of hydrogen-bond donors (Lipinski definition) is 3. The van der Waals surface area contributed by atoms with Gasteiger partial charge in [0.1, 0.15) is 20.2 Å². The summed E-state index contributed by atoms with van der Waals surface area (Å²) in [6, 6.07) is 0. The molecule has 0 atom stereocenters. The lowest BCUT2D eigenvalue weighted by Gasteiger charge is -2.27. The Kier molecular flexibility index (Phi) is 9.55. The summed E-state index contributed by atoms with van der Waals surface area (Å²) in [5.41, 5.74) is 0. The van der Waals surface area contributed by atoms with Crippen LogP contribution in [0.25, 0.3) is 0 Å². The molecule has 0 bridgehead atoms. The summed E-state index contributed by atoms with van der Waals surface area (Å²) in [4.78, 5) is 30.2. The fourth-order valence-corrected chi connectivity index (χ4v) is 1.75. The second kappa shape index (κ2) is 11.1. The van der Waals surface area contributed by atoms with Crippen molar-refractivity contribution in [3.63, 3.8) is 0 Å². The average molecular weight is 390 g/mol. The molecule has 12 nitrogen and oxygen atoms in total. The summed E-state index contributed by atoms with van der Waals surface area (Å²) in [5.74, 6) is -0.159. The zero-order valence-electron chi connectivity index (χ0n) is 16.6. The molecule has 0 spiro atoms. The van der Waals surface area contributed by atoms with E-state index < -0.39 is 20.2 Å². The number of hydroxylamine groups is 1. The van der Waals surface area contributed by atoms with Crippen LogP contribution < -0.4 is 15.2 Å². The minimum absolute atomic E-state index is 0.0462. The molecule has 0 aromatic carbocycles. The molecule has 0 saturated carbocycles. The number of aliphatic hydroxyl groups excluding tert-OH is 3. The molecule has 0 aliphatic carbocycles. The number of hydrogen-bond acceptors (Lipinski definition) is 12. The summed E-state index contributed by atoms with van der Waals surface area (Å²) in [6.07, 6.45) is -0.761. The first-order valence-electron chi connectivity index (χ1n) is 8.63. The van der Waals surface area contributed by atoms with E-state index in [1.165, 1.54) is 0 Å². The molecule has 156 valence electrons. The predicted octanol–water partition coefficient (Wildman–Crippen LogP) is 0.160. The number of aromatic nitrogens is 3. The van der Waals surface area contributed by atoms with Gasteiger partial charge >= 0.3 is 0 Å². The molecule has 1 rings (SSSR count). The highest BCUT2D eigenvalue weighted by atomic mass is 17.0. The molecule has 0 fully saturated rings. The fraction of sp³-hybridized carbons (Fsp3) is 0.800. The Morgan fingerprint density at radius 2 is 1.11 bits per heavy atom. The van der Waals surface area contributed by atoms with Crippen LogP contribution in [-0.4, -0.2) is 68.8 Å². The Bertz CT molecular complexity index is 548. The van der Waals surface area contributed by atoms with Gasteiger partial charge in [-0.2, -0.15) is 20.0 Å². The molecular weight excluding hydrogens is 360 g/mol. The standard InChI is InChI=1S/C15H30N6O6/c1-10(2)25-20(9-24)14-16-13(19(7-22)8-23)17-15(18-14)21(26-11(3)4)27-12(5)6/h10-12,22-24H,7-9H2,1-6H3. The highest BCUT2D eigenvalue weighted by Gasteiger charge is 2.23. The van der Waals surface area contributed by atoms with Crippen molar-refractivity contribution < 1.29 is 29.8 Å². The van der Waals surface area contributed by atoms with Crippen molar-refractivity contribution in [2.24, 2.45) is 0 Å². The highest BCUT2D eigenvalue weighted by Crippen LogP contribution is 2.21. The first-order chi connectivity index (χ1) is 12.7. The molecule has 0 aliphatic rings. The maximum atomic E-state index is 9.60. The van der Waals surface area contributed by atoms with Gasteiger partial charge in [0.2, 0.25) is 5.95 Å². The van der Waals surface area contributed by atoms with Crippen molar-refractivity contribution in [2.75, 3.05) is 35.4 Å². The van der Waals surface area contributed by atoms with Gasteiger partial charge in [-0.15, -0.1) is 0 Å². The topological polar surface area (TPSA) is 137 Å². The predicted molar refractivity (Wildman–Crippen MR) is 97.2 cm³/mol. The number of nitrogens with zero attached hydrogens (tertiary/aromatic N) is 6. The monoisotopic (exact) mass is 390 g/mol. The van der Waals surface area contributed by atoms with Gasteiger partial charge in [-0.25, -0.2) is 9.68 Å². The van der Waals surface area contributed by atoms with E-state index in [1.807, 2.05) is 0 Å². The van der Waals surface area contributed by atoms with Gasteiger partial charge in [0.05, 0.1) is 18.3 Å². The van der Waals surface area contributed by atoms with Crippen LogP contribution in [0.3, 0.4) is 0 Å². The van der Waals surface area contributed by atoms with Gasteiger partial charge in [-0.1, -0.05) is 5.23 Å². The molecule has 0 radical (unpaired) electrons. The lowest BCUT2D eigenvalue weighted by atomic mass is 10.5. The maximum absolute atomic E-state index is 9.60. The van der Waals surface area contributed by atoms with Crippen molar-refractivity contribution in [1.82, 2.24) is 15.0 Å². The summed E-state index contributed by atoms with van der Waals surface area (Å²) in [7, 11) is 0. The summed E-state index contributed by atoms with van der Waals surface area (Å²) in [5, 5.41) is 30.5. The normalized spacial score (nSPS) is 11.6. The van der Waals surface area contributed by atoms with Gasteiger partial charge in [0.25, 0.3) is 11.9 Å². The van der Waals surface area contributed by atoms with Gasteiger partial charge in [0, 0.05) is 0 Å². The molecule has 3 N–H and O–H groups in total. The van der Waals surface area contributed by atoms with E-state index in [-0.39, 0.29) is 36.2 Å². The van der Waals surface area contributed by atoms with Gasteiger partial charge in [-0.3, -0.25) is 9.74 Å². The van der Waals surface area contributed by atoms with Crippen LogP contribution in [0.4, 0.5) is 17.8 Å². The number of rotatable bonds is 12. The Balaban J connectivity index is 3.42. The van der Waals surface area contributed by atoms with Crippen molar-refractivity contribution >= 4 is 17.8 Å². The molecule has 0 saturated heterocycles. The minimum Gasteiger partial charge on any atom is -0.376 e. The van der Waals surface area contributed by atoms with E-state index in [2.05, 4.69) is 15.0 Å². The maximum Gasteiger partial charge on any atom is 0.284 e. The second-order valence-electron chi connectivity index (χ2n) is 6.30. The zero-order valence-corrected chi connectivity index (χ0v) is 16.6. The van der Waals surface area contributed by atoms with Crippen LogP contribution in [0.2, 0.25) is 0 Å². The SMILES string of the molecule is CC(C)ON(CO)c1nc(N(CO)CO)nc(N(OC(C)C)OC(C)C)n1. The van der Waals surface area contributed by atoms with Crippen molar-refractivity contribution in [1.29, 1.82) is 0 Å². The molecule has 0 amide bonds. The van der Waals surface area contributed by atoms with Gasteiger partial charge in [0.15, 0.2) is 0 Å². The van der Waals surface area contributed by atoms with Crippen LogP contribution in [0.5, 0.6) is 0 Å². The Morgan fingerprint density at radius 1 is 0.667 bits per heavy atom. The summed E-state index contributed by atoms with van der Waals surface area (Å²) < 4.78 is 0. The third kappa shape index (κ3) is 7.36. The van der Waals surface area contributed by atoms with Crippen LogP contribution in [0, 0.1) is 0 Å². The van der Waals surface area contributed by atoms with E-state index in [1.54, 1.807) is 41.5 Å². The van der Waals surface area contributed by atoms with Crippen LogP contribution >= 0.6 is 0 Å². The third-order valence-electron chi connectivity index (χ3n) is 2.69. The summed E-state index contributed by atoms with van der Waals surface area (Å²) in [6.45, 7) is 9.13. The van der Waals surface area contributed by atoms with Crippen molar-refractivity contribution in [3.05, 3.63) is 0 Å². The highest BCUT2D eigenvalue weighted by molar-refractivity contribution is 5.43. The van der Waals surface area contributed by atoms with Crippen LogP contribution in [-0.2, 0) is 14.5 Å². The average Bonchev–Trinajstić information content (AvgIpc) is 2.59. The van der Waals surface area contributed by atoms with Crippen LogP contribution in [0.1, 0.15) is 41.5 Å². The smallest absolute Gasteiger partial charge is 0.284 e. The van der Waals surface area contributed by atoms with Gasteiger partial charge in [-0.05, 0) is 41.5 Å².